The monoisotopic (exact) mass is 337 g/mol. The number of carbonyl (C=O) groups is 2. The van der Waals surface area contributed by atoms with Gasteiger partial charge in [0.05, 0.1) is 0 Å². The Morgan fingerprint density at radius 2 is 1.92 bits per heavy atom. The number of hydrogen-bond donors (Lipinski definition) is 2. The highest BCUT2D eigenvalue weighted by atomic mass is 16.2. The number of benzene rings is 2. The minimum absolute atomic E-state index is 0.00819. The summed E-state index contributed by atoms with van der Waals surface area (Å²) in [5.41, 5.74) is 8.46. The van der Waals surface area contributed by atoms with Crippen LogP contribution in [0, 0.1) is 12.8 Å². The van der Waals surface area contributed by atoms with Gasteiger partial charge in [0.25, 0.3) is 11.8 Å². The van der Waals surface area contributed by atoms with Gasteiger partial charge in [-0.25, -0.2) is 0 Å². The number of nitrogens with two attached hydrogens (primary N) is 1. The molecule has 2 amide bonds. The first-order valence-electron chi connectivity index (χ1n) is 8.55. The zero-order valence-electron chi connectivity index (χ0n) is 14.4. The number of rotatable bonds is 4. The molecule has 1 fully saturated rings. The van der Waals surface area contributed by atoms with Gasteiger partial charge in [0.15, 0.2) is 0 Å². The smallest absolute Gasteiger partial charge is 0.255 e. The van der Waals surface area contributed by atoms with E-state index in [1.165, 1.54) is 0 Å². The standard InChI is InChI=1S/C20H23N3O2/c1-14-7-8-17(20(25)23-10-9-15(12-21)13-23)11-18(14)22-19(24)16-5-3-2-4-6-16/h2-8,11,15H,9-10,12-13,21H2,1H3,(H,22,24). The summed E-state index contributed by atoms with van der Waals surface area (Å²) in [4.78, 5) is 26.9. The first kappa shape index (κ1) is 17.2. The maximum Gasteiger partial charge on any atom is 0.255 e. The molecule has 1 saturated heterocycles. The van der Waals surface area contributed by atoms with Crippen molar-refractivity contribution in [2.75, 3.05) is 25.0 Å². The van der Waals surface area contributed by atoms with Gasteiger partial charge in [0, 0.05) is 29.9 Å². The highest BCUT2D eigenvalue weighted by molar-refractivity contribution is 6.05. The van der Waals surface area contributed by atoms with Crippen LogP contribution in [0.15, 0.2) is 48.5 Å². The Bertz CT molecular complexity index is 774. The summed E-state index contributed by atoms with van der Waals surface area (Å²) in [6.45, 7) is 3.96. The van der Waals surface area contributed by atoms with Gasteiger partial charge in [-0.3, -0.25) is 9.59 Å². The molecular weight excluding hydrogens is 314 g/mol. The topological polar surface area (TPSA) is 75.4 Å². The molecule has 1 unspecified atom stereocenters. The van der Waals surface area contributed by atoms with Crippen LogP contribution in [0.25, 0.3) is 0 Å². The molecule has 1 atom stereocenters. The van der Waals surface area contributed by atoms with Crippen molar-refractivity contribution in [1.82, 2.24) is 4.90 Å². The van der Waals surface area contributed by atoms with E-state index in [1.807, 2.05) is 42.2 Å². The maximum atomic E-state index is 12.7. The molecule has 5 heteroatoms. The average molecular weight is 337 g/mol. The van der Waals surface area contributed by atoms with Crippen LogP contribution >= 0.6 is 0 Å². The molecule has 1 heterocycles. The lowest BCUT2D eigenvalue weighted by atomic mass is 10.1. The van der Waals surface area contributed by atoms with Crippen LogP contribution < -0.4 is 11.1 Å². The Morgan fingerprint density at radius 1 is 1.16 bits per heavy atom. The lowest BCUT2D eigenvalue weighted by molar-refractivity contribution is 0.0787. The zero-order chi connectivity index (χ0) is 17.8. The van der Waals surface area contributed by atoms with Gasteiger partial charge in [-0.05, 0) is 55.6 Å². The lowest BCUT2D eigenvalue weighted by Crippen LogP contribution is -2.30. The fraction of sp³-hybridized carbons (Fsp3) is 0.300. The van der Waals surface area contributed by atoms with E-state index in [0.717, 1.165) is 18.5 Å². The molecule has 2 aromatic carbocycles. The average Bonchev–Trinajstić information content (AvgIpc) is 3.13. The van der Waals surface area contributed by atoms with E-state index in [-0.39, 0.29) is 11.8 Å². The van der Waals surface area contributed by atoms with Crippen LogP contribution in [0.5, 0.6) is 0 Å². The van der Waals surface area contributed by atoms with Gasteiger partial charge in [0.2, 0.25) is 0 Å². The molecule has 130 valence electrons. The molecule has 0 saturated carbocycles. The summed E-state index contributed by atoms with van der Waals surface area (Å²) in [5, 5.41) is 2.90. The first-order valence-corrected chi connectivity index (χ1v) is 8.55. The number of amides is 2. The van der Waals surface area contributed by atoms with E-state index in [4.69, 9.17) is 5.73 Å². The van der Waals surface area contributed by atoms with E-state index >= 15 is 0 Å². The molecule has 25 heavy (non-hydrogen) atoms. The summed E-state index contributed by atoms with van der Waals surface area (Å²) in [7, 11) is 0. The molecule has 1 aliphatic rings. The van der Waals surface area contributed by atoms with Crippen LogP contribution in [0.4, 0.5) is 5.69 Å². The van der Waals surface area contributed by atoms with Crippen molar-refractivity contribution < 1.29 is 9.59 Å². The largest absolute Gasteiger partial charge is 0.338 e. The second kappa shape index (κ2) is 7.49. The molecule has 0 radical (unpaired) electrons. The summed E-state index contributed by atoms with van der Waals surface area (Å²) in [6.07, 6.45) is 0.950. The van der Waals surface area contributed by atoms with Crippen molar-refractivity contribution in [3.8, 4) is 0 Å². The van der Waals surface area contributed by atoms with Crippen LogP contribution in [-0.2, 0) is 0 Å². The molecule has 1 aliphatic heterocycles. The Balaban J connectivity index is 1.76. The Labute approximate surface area is 147 Å². The second-order valence-electron chi connectivity index (χ2n) is 6.49. The van der Waals surface area contributed by atoms with Crippen LogP contribution in [0.2, 0.25) is 0 Å². The molecule has 5 nitrogen and oxygen atoms in total. The number of nitrogens with one attached hydrogen (secondary N) is 1. The predicted molar refractivity (Wildman–Crippen MR) is 98.6 cm³/mol. The van der Waals surface area contributed by atoms with Crippen molar-refractivity contribution in [2.45, 2.75) is 13.3 Å². The Kier molecular flexibility index (Phi) is 5.14. The minimum atomic E-state index is -0.183. The summed E-state index contributed by atoms with van der Waals surface area (Å²) in [6, 6.07) is 14.5. The van der Waals surface area contributed by atoms with Gasteiger partial charge in [-0.1, -0.05) is 24.3 Å². The van der Waals surface area contributed by atoms with Crippen LogP contribution in [0.1, 0.15) is 32.7 Å². The molecule has 2 aromatic rings. The molecule has 3 N–H and O–H groups in total. The number of hydrogen-bond acceptors (Lipinski definition) is 3. The van der Waals surface area contributed by atoms with Gasteiger partial charge < -0.3 is 16.0 Å². The van der Waals surface area contributed by atoms with Gasteiger partial charge in [-0.15, -0.1) is 0 Å². The van der Waals surface area contributed by atoms with E-state index in [9.17, 15) is 9.59 Å². The number of carbonyl (C=O) groups excluding carboxylic acids is 2. The van der Waals surface area contributed by atoms with E-state index in [0.29, 0.717) is 35.8 Å². The summed E-state index contributed by atoms with van der Waals surface area (Å²) >= 11 is 0. The quantitative estimate of drug-likeness (QED) is 0.900. The minimum Gasteiger partial charge on any atom is -0.338 e. The molecule has 3 rings (SSSR count). The normalized spacial score (nSPS) is 16.7. The van der Waals surface area contributed by atoms with Crippen LogP contribution in [-0.4, -0.2) is 36.3 Å². The van der Waals surface area contributed by atoms with Crippen molar-refractivity contribution >= 4 is 17.5 Å². The van der Waals surface area contributed by atoms with Gasteiger partial charge in [-0.2, -0.15) is 0 Å². The zero-order valence-corrected chi connectivity index (χ0v) is 14.4. The fourth-order valence-electron chi connectivity index (χ4n) is 3.07. The van der Waals surface area contributed by atoms with Crippen molar-refractivity contribution in [3.63, 3.8) is 0 Å². The van der Waals surface area contributed by atoms with Gasteiger partial charge >= 0.3 is 0 Å². The Hall–Kier alpha value is -2.66. The number of anilines is 1. The predicted octanol–water partition coefficient (Wildman–Crippen LogP) is 2.67. The fourth-order valence-corrected chi connectivity index (χ4v) is 3.07. The first-order chi connectivity index (χ1) is 12.1. The highest BCUT2D eigenvalue weighted by Gasteiger charge is 2.26. The second-order valence-corrected chi connectivity index (χ2v) is 6.49. The van der Waals surface area contributed by atoms with Crippen molar-refractivity contribution in [3.05, 3.63) is 65.2 Å². The van der Waals surface area contributed by atoms with Crippen LogP contribution in [0.3, 0.4) is 0 Å². The number of nitrogens with zero attached hydrogens (tertiary/aromatic N) is 1. The lowest BCUT2D eigenvalue weighted by Gasteiger charge is -2.17. The summed E-state index contributed by atoms with van der Waals surface area (Å²) in [5.74, 6) is 0.190. The molecule has 0 aliphatic carbocycles. The number of likely N-dealkylation sites (tertiary alicyclic amines) is 1. The molecule has 0 spiro atoms. The van der Waals surface area contributed by atoms with Crippen molar-refractivity contribution in [1.29, 1.82) is 0 Å². The SMILES string of the molecule is Cc1ccc(C(=O)N2CCC(CN)C2)cc1NC(=O)c1ccccc1. The Morgan fingerprint density at radius 3 is 2.60 bits per heavy atom. The molecule has 0 aromatic heterocycles. The third-order valence-electron chi connectivity index (χ3n) is 4.68. The highest BCUT2D eigenvalue weighted by Crippen LogP contribution is 2.22. The van der Waals surface area contributed by atoms with Gasteiger partial charge in [0.1, 0.15) is 0 Å². The van der Waals surface area contributed by atoms with E-state index < -0.39 is 0 Å². The third-order valence-corrected chi connectivity index (χ3v) is 4.68. The number of aryl methyl sites for hydroxylation is 1. The van der Waals surface area contributed by atoms with E-state index in [2.05, 4.69) is 5.32 Å². The van der Waals surface area contributed by atoms with E-state index in [1.54, 1.807) is 18.2 Å². The van der Waals surface area contributed by atoms with Crippen molar-refractivity contribution in [2.24, 2.45) is 11.7 Å². The molecule has 0 bridgehead atoms. The summed E-state index contributed by atoms with van der Waals surface area (Å²) < 4.78 is 0. The molecular formula is C20H23N3O2. The third kappa shape index (κ3) is 3.88. The maximum absolute atomic E-state index is 12.7.